The zero-order valence-corrected chi connectivity index (χ0v) is 4.47. The van der Waals surface area contributed by atoms with E-state index in [4.69, 9.17) is 5.11 Å². The van der Waals surface area contributed by atoms with Crippen LogP contribution >= 0.6 is 0 Å². The van der Waals surface area contributed by atoms with Crippen LogP contribution in [-0.2, 0) is 9.59 Å². The van der Waals surface area contributed by atoms with Gasteiger partial charge in [-0.2, -0.15) is 0 Å². The van der Waals surface area contributed by atoms with Crippen LogP contribution in [0, 0.1) is 0 Å². The molecule has 0 atom stereocenters. The van der Waals surface area contributed by atoms with Gasteiger partial charge in [0.25, 0.3) is 0 Å². The van der Waals surface area contributed by atoms with Gasteiger partial charge in [-0.15, -0.1) is 0 Å². The van der Waals surface area contributed by atoms with Crippen LogP contribution in [0.15, 0.2) is 0 Å². The first-order chi connectivity index (χ1) is 3.18. The van der Waals surface area contributed by atoms with Crippen molar-refractivity contribution >= 4 is 60.6 Å². The molecule has 0 aromatic rings. The van der Waals surface area contributed by atoms with Gasteiger partial charge in [0.2, 0.25) is 5.78 Å². The van der Waals surface area contributed by atoms with E-state index in [9.17, 15) is 9.59 Å². The van der Waals surface area contributed by atoms with Crippen molar-refractivity contribution in [2.45, 2.75) is 13.3 Å². The molecule has 0 aliphatic carbocycles. The molecular weight excluding hydrogens is 249 g/mol. The van der Waals surface area contributed by atoms with E-state index in [0.29, 0.717) is 0 Å². The maximum atomic E-state index is 9.91. The van der Waals surface area contributed by atoms with E-state index < -0.39 is 11.8 Å². The molecule has 0 unspecified atom stereocenters. The summed E-state index contributed by atoms with van der Waals surface area (Å²) in [5.41, 5.74) is 0. The van der Waals surface area contributed by atoms with Crippen LogP contribution in [-0.4, -0.2) is 71.2 Å². The minimum absolute atomic E-state index is 0. The number of hydrogen-bond acceptors (Lipinski definition) is 2. The summed E-state index contributed by atoms with van der Waals surface area (Å²) in [6.45, 7) is 1.51. The molecule has 0 aliphatic heterocycles. The predicted molar refractivity (Wildman–Crippen MR) is 35.1 cm³/mol. The fourth-order valence-corrected chi connectivity index (χ4v) is 0.151. The van der Waals surface area contributed by atoms with E-state index in [-0.39, 0.29) is 60.8 Å². The Balaban J connectivity index is -0.000000180. The molecule has 4 nitrogen and oxygen atoms in total. The molecule has 0 aliphatic rings. The molecule has 0 amide bonds. The van der Waals surface area contributed by atoms with Gasteiger partial charge in [-0.3, -0.25) is 4.79 Å². The Labute approximate surface area is 93.0 Å². The van der Waals surface area contributed by atoms with Crippen molar-refractivity contribution in [2.24, 2.45) is 0 Å². The van der Waals surface area contributed by atoms with Crippen LogP contribution < -0.4 is 0 Å². The van der Waals surface area contributed by atoms with E-state index in [2.05, 4.69) is 0 Å². The standard InChI is InChI=1S/C4H6O3.Ba.H2O.2H/c1-2-3(5)4(6)7;;;;/h2H2,1H3,(H,6,7);;1H2;;. The molecule has 0 fully saturated rings. The molecule has 0 spiro atoms. The van der Waals surface area contributed by atoms with Crippen molar-refractivity contribution in [1.29, 1.82) is 0 Å². The number of carboxylic acid groups (broad SMARTS) is 1. The van der Waals surface area contributed by atoms with Crippen LogP contribution in [0.4, 0.5) is 0 Å². The summed E-state index contributed by atoms with van der Waals surface area (Å²) in [5.74, 6) is -2.08. The van der Waals surface area contributed by atoms with Crippen LogP contribution in [0.2, 0.25) is 0 Å². The topological polar surface area (TPSA) is 85.9 Å². The van der Waals surface area contributed by atoms with Gasteiger partial charge in [-0.1, -0.05) is 6.92 Å². The third kappa shape index (κ3) is 8.67. The van der Waals surface area contributed by atoms with E-state index in [1.165, 1.54) is 6.92 Å². The average Bonchev–Trinajstić information content (AvgIpc) is 1.65. The molecule has 5 heteroatoms. The number of aliphatic carboxylic acids is 1. The first-order valence-electron chi connectivity index (χ1n) is 1.94. The summed E-state index contributed by atoms with van der Waals surface area (Å²) in [4.78, 5) is 19.5. The predicted octanol–water partition coefficient (Wildman–Crippen LogP) is -1.69. The molecule has 52 valence electrons. The number of Topliss-reactive ketones (excluding diaryl/α,β-unsaturated/α-hetero) is 1. The van der Waals surface area contributed by atoms with Gasteiger partial charge in [0.05, 0.1) is 0 Å². The number of rotatable bonds is 2. The second-order valence-corrected chi connectivity index (χ2v) is 1.08. The van der Waals surface area contributed by atoms with Crippen molar-refractivity contribution in [1.82, 2.24) is 0 Å². The zero-order chi connectivity index (χ0) is 5.86. The first kappa shape index (κ1) is 16.3. The molecule has 0 aromatic carbocycles. The van der Waals surface area contributed by atoms with Gasteiger partial charge >= 0.3 is 54.9 Å². The number of hydrogen-bond donors (Lipinski definition) is 1. The second-order valence-electron chi connectivity index (χ2n) is 1.08. The number of carbonyl (C=O) groups excluding carboxylic acids is 1. The Morgan fingerprint density at radius 1 is 1.44 bits per heavy atom. The van der Waals surface area contributed by atoms with Crippen molar-refractivity contribution in [2.75, 3.05) is 0 Å². The molecule has 0 bridgehead atoms. The van der Waals surface area contributed by atoms with Gasteiger partial charge < -0.3 is 10.6 Å². The van der Waals surface area contributed by atoms with Crippen LogP contribution in [0.5, 0.6) is 0 Å². The summed E-state index contributed by atoms with van der Waals surface area (Å²) in [6, 6.07) is 0. The summed E-state index contributed by atoms with van der Waals surface area (Å²) >= 11 is 0. The van der Waals surface area contributed by atoms with Crippen LogP contribution in [0.25, 0.3) is 0 Å². The molecule has 0 saturated carbocycles. The van der Waals surface area contributed by atoms with Crippen LogP contribution in [0.1, 0.15) is 13.3 Å². The quantitative estimate of drug-likeness (QED) is 0.474. The molecule has 0 rings (SSSR count). The molecule has 0 radical (unpaired) electrons. The Hall–Kier alpha value is 0.671. The fourth-order valence-electron chi connectivity index (χ4n) is 0.151. The number of ketones is 1. The van der Waals surface area contributed by atoms with Crippen molar-refractivity contribution < 1.29 is 20.2 Å². The van der Waals surface area contributed by atoms with Crippen LogP contribution in [0.3, 0.4) is 0 Å². The summed E-state index contributed by atoms with van der Waals surface area (Å²) < 4.78 is 0. The Morgan fingerprint density at radius 3 is 1.78 bits per heavy atom. The SMILES string of the molecule is CCC(=O)C(=O)O.O.[BaH2]. The molecule has 3 N–H and O–H groups in total. The van der Waals surface area contributed by atoms with Crippen molar-refractivity contribution in [3.63, 3.8) is 0 Å². The maximum absolute atomic E-state index is 9.91. The normalized spacial score (nSPS) is 6.33. The van der Waals surface area contributed by atoms with Gasteiger partial charge in [0, 0.05) is 6.42 Å². The molecule has 0 heterocycles. The fraction of sp³-hybridized carbons (Fsp3) is 0.500. The third-order valence-corrected chi connectivity index (χ3v) is 0.560. The Morgan fingerprint density at radius 2 is 1.78 bits per heavy atom. The van der Waals surface area contributed by atoms with Crippen molar-refractivity contribution in [3.8, 4) is 0 Å². The number of carbonyl (C=O) groups is 2. The van der Waals surface area contributed by atoms with E-state index in [1.807, 2.05) is 0 Å². The Kier molecular flexibility index (Phi) is 15.7. The zero-order valence-electron chi connectivity index (χ0n) is 4.47. The molecular formula is C4H10BaO4. The van der Waals surface area contributed by atoms with Gasteiger partial charge in [0.15, 0.2) is 0 Å². The third-order valence-electron chi connectivity index (χ3n) is 0.560. The summed E-state index contributed by atoms with van der Waals surface area (Å²) in [5, 5.41) is 7.83. The van der Waals surface area contributed by atoms with E-state index in [0.717, 1.165) is 0 Å². The van der Waals surface area contributed by atoms with Gasteiger partial charge in [0.1, 0.15) is 0 Å². The van der Waals surface area contributed by atoms with Crippen molar-refractivity contribution in [3.05, 3.63) is 0 Å². The molecule has 0 saturated heterocycles. The van der Waals surface area contributed by atoms with E-state index >= 15 is 0 Å². The van der Waals surface area contributed by atoms with Gasteiger partial charge in [-0.05, 0) is 0 Å². The number of carboxylic acids is 1. The Bertz CT molecular complexity index is 101. The second kappa shape index (κ2) is 8.67. The minimum atomic E-state index is -1.34. The van der Waals surface area contributed by atoms with E-state index in [1.54, 1.807) is 0 Å². The summed E-state index contributed by atoms with van der Waals surface area (Å²) in [6.07, 6.45) is 0.0787. The van der Waals surface area contributed by atoms with Gasteiger partial charge in [-0.25, -0.2) is 4.79 Å². The molecule has 9 heavy (non-hydrogen) atoms. The monoisotopic (exact) mass is 260 g/mol. The average molecular weight is 259 g/mol. The molecule has 0 aromatic heterocycles. The summed E-state index contributed by atoms with van der Waals surface area (Å²) in [7, 11) is 0. The first-order valence-corrected chi connectivity index (χ1v) is 1.94.